The van der Waals surface area contributed by atoms with Gasteiger partial charge in [-0.2, -0.15) is 5.10 Å². The highest BCUT2D eigenvalue weighted by Gasteiger charge is 2.31. The van der Waals surface area contributed by atoms with Crippen molar-refractivity contribution in [2.75, 3.05) is 13.1 Å². The smallest absolute Gasteiger partial charge is 0.259 e. The lowest BCUT2D eigenvalue weighted by molar-refractivity contribution is 0.0702. The number of amides is 1. The van der Waals surface area contributed by atoms with Gasteiger partial charge in [0.1, 0.15) is 5.56 Å². The number of aromatic amines is 1. The molecule has 118 valence electrons. The Balaban J connectivity index is 1.82. The molecule has 3 heterocycles. The number of carbonyl (C=O) groups excluding carboxylic acids is 1. The highest BCUT2D eigenvalue weighted by molar-refractivity contribution is 5.96. The van der Waals surface area contributed by atoms with Crippen LogP contribution in [0.4, 0.5) is 0 Å². The highest BCUT2D eigenvalue weighted by Crippen LogP contribution is 2.29. The zero-order chi connectivity index (χ0) is 15.7. The molecule has 6 heteroatoms. The van der Waals surface area contributed by atoms with E-state index in [4.69, 9.17) is 4.52 Å². The zero-order valence-electron chi connectivity index (χ0n) is 13.3. The molecule has 0 aromatic carbocycles. The number of aryl methyl sites for hydroxylation is 1. The van der Waals surface area contributed by atoms with Gasteiger partial charge in [0.05, 0.1) is 5.69 Å². The molecule has 1 aliphatic rings. The Bertz CT molecular complexity index is 645. The Labute approximate surface area is 129 Å². The van der Waals surface area contributed by atoms with Gasteiger partial charge in [0.25, 0.3) is 5.91 Å². The summed E-state index contributed by atoms with van der Waals surface area (Å²) in [5, 5.41) is 11.0. The average Bonchev–Trinajstić information content (AvgIpc) is 3.16. The third-order valence-corrected chi connectivity index (χ3v) is 4.30. The second-order valence-electron chi connectivity index (χ2n) is 6.26. The molecule has 0 aliphatic carbocycles. The molecule has 1 unspecified atom stereocenters. The molecule has 2 aromatic rings. The summed E-state index contributed by atoms with van der Waals surface area (Å²) in [6.07, 6.45) is 3.83. The van der Waals surface area contributed by atoms with Crippen LogP contribution in [0.5, 0.6) is 0 Å². The normalized spacial score (nSPS) is 18.9. The number of aromatic nitrogens is 3. The summed E-state index contributed by atoms with van der Waals surface area (Å²) in [5.41, 5.74) is 2.42. The number of H-pyrrole nitrogens is 1. The lowest BCUT2D eigenvalue weighted by Crippen LogP contribution is -2.39. The van der Waals surface area contributed by atoms with Gasteiger partial charge >= 0.3 is 0 Å². The number of likely N-dealkylation sites (tertiary alicyclic amines) is 1. The van der Waals surface area contributed by atoms with Crippen LogP contribution in [0.25, 0.3) is 0 Å². The van der Waals surface area contributed by atoms with Crippen LogP contribution in [0, 0.1) is 6.92 Å². The average molecular weight is 302 g/mol. The van der Waals surface area contributed by atoms with Crippen molar-refractivity contribution < 1.29 is 9.32 Å². The minimum atomic E-state index is 0.0339. The fraction of sp³-hybridized carbons (Fsp3) is 0.562. The number of nitrogens with one attached hydrogen (secondary N) is 1. The summed E-state index contributed by atoms with van der Waals surface area (Å²) in [5.74, 6) is 1.19. The number of hydrogen-bond donors (Lipinski definition) is 1. The van der Waals surface area contributed by atoms with Crippen LogP contribution in [0.15, 0.2) is 16.8 Å². The van der Waals surface area contributed by atoms with Crippen molar-refractivity contribution in [3.8, 4) is 0 Å². The van der Waals surface area contributed by atoms with Gasteiger partial charge in [-0.15, -0.1) is 0 Å². The van der Waals surface area contributed by atoms with Crippen LogP contribution in [0.2, 0.25) is 0 Å². The first kappa shape index (κ1) is 14.8. The standard InChI is InChI=1S/C16H22N4O2/c1-10(2)15-14(11(3)19-22-15)16(21)20-8-4-5-12(9-20)13-6-7-17-18-13/h6-7,10,12H,4-5,8-9H2,1-3H3,(H,17,18). The molecule has 0 bridgehead atoms. The molecular weight excluding hydrogens is 280 g/mol. The van der Waals surface area contributed by atoms with Gasteiger partial charge in [0.15, 0.2) is 5.76 Å². The van der Waals surface area contributed by atoms with Crippen molar-refractivity contribution in [1.82, 2.24) is 20.3 Å². The van der Waals surface area contributed by atoms with Crippen LogP contribution in [-0.4, -0.2) is 39.3 Å². The van der Waals surface area contributed by atoms with Gasteiger partial charge in [-0.25, -0.2) is 0 Å². The van der Waals surface area contributed by atoms with Crippen molar-refractivity contribution in [1.29, 1.82) is 0 Å². The van der Waals surface area contributed by atoms with Gasteiger partial charge in [0.2, 0.25) is 0 Å². The molecule has 6 nitrogen and oxygen atoms in total. The van der Waals surface area contributed by atoms with E-state index in [-0.39, 0.29) is 11.8 Å². The van der Waals surface area contributed by atoms with E-state index in [1.54, 1.807) is 6.20 Å². The van der Waals surface area contributed by atoms with Crippen molar-refractivity contribution in [3.63, 3.8) is 0 Å². The number of carbonyl (C=O) groups is 1. The van der Waals surface area contributed by atoms with Crippen LogP contribution in [0.3, 0.4) is 0 Å². The fourth-order valence-corrected chi connectivity index (χ4v) is 3.11. The second-order valence-corrected chi connectivity index (χ2v) is 6.26. The van der Waals surface area contributed by atoms with Crippen LogP contribution < -0.4 is 0 Å². The summed E-state index contributed by atoms with van der Waals surface area (Å²) in [6, 6.07) is 1.99. The molecular formula is C16H22N4O2. The lowest BCUT2D eigenvalue weighted by atomic mass is 9.94. The maximum atomic E-state index is 12.9. The van der Waals surface area contributed by atoms with Crippen molar-refractivity contribution >= 4 is 5.91 Å². The maximum absolute atomic E-state index is 12.9. The fourth-order valence-electron chi connectivity index (χ4n) is 3.11. The summed E-state index contributed by atoms with van der Waals surface area (Å²) < 4.78 is 5.35. The Morgan fingerprint density at radius 3 is 3.00 bits per heavy atom. The predicted octanol–water partition coefficient (Wildman–Crippen LogP) is 2.85. The molecule has 2 aromatic heterocycles. The number of hydrogen-bond acceptors (Lipinski definition) is 4. The van der Waals surface area contributed by atoms with Gasteiger partial charge in [-0.05, 0) is 25.8 Å². The molecule has 1 aliphatic heterocycles. The molecule has 1 fully saturated rings. The van der Waals surface area contributed by atoms with Crippen LogP contribution >= 0.6 is 0 Å². The number of piperidine rings is 1. The minimum Gasteiger partial charge on any atom is -0.360 e. The van der Waals surface area contributed by atoms with Gasteiger partial charge in [0, 0.05) is 36.8 Å². The second kappa shape index (κ2) is 5.94. The largest absolute Gasteiger partial charge is 0.360 e. The van der Waals surface area contributed by atoms with Gasteiger partial charge in [-0.3, -0.25) is 9.89 Å². The topological polar surface area (TPSA) is 75.0 Å². The SMILES string of the molecule is Cc1noc(C(C)C)c1C(=O)N1CCCC(c2ccn[nH]2)C1. The molecule has 22 heavy (non-hydrogen) atoms. The first-order valence-corrected chi connectivity index (χ1v) is 7.82. The highest BCUT2D eigenvalue weighted by atomic mass is 16.5. The van der Waals surface area contributed by atoms with E-state index >= 15 is 0 Å². The number of nitrogens with zero attached hydrogens (tertiary/aromatic N) is 3. The molecule has 1 amide bonds. The Kier molecular flexibility index (Phi) is 4.00. The minimum absolute atomic E-state index is 0.0339. The molecule has 0 saturated carbocycles. The van der Waals surface area contributed by atoms with Crippen molar-refractivity contribution in [2.24, 2.45) is 0 Å². The lowest BCUT2D eigenvalue weighted by Gasteiger charge is -2.32. The predicted molar refractivity (Wildman–Crippen MR) is 81.8 cm³/mol. The Morgan fingerprint density at radius 1 is 1.50 bits per heavy atom. The summed E-state index contributed by atoms with van der Waals surface area (Å²) in [6.45, 7) is 7.36. The van der Waals surface area contributed by atoms with E-state index < -0.39 is 0 Å². The van der Waals surface area contributed by atoms with Crippen LogP contribution in [0.1, 0.15) is 66.0 Å². The van der Waals surface area contributed by atoms with E-state index in [2.05, 4.69) is 15.4 Å². The molecule has 3 rings (SSSR count). The summed E-state index contributed by atoms with van der Waals surface area (Å²) in [7, 11) is 0. The third kappa shape index (κ3) is 2.65. The zero-order valence-corrected chi connectivity index (χ0v) is 13.3. The molecule has 1 saturated heterocycles. The van der Waals surface area contributed by atoms with Crippen molar-refractivity contribution in [2.45, 2.75) is 45.4 Å². The summed E-state index contributed by atoms with van der Waals surface area (Å²) >= 11 is 0. The third-order valence-electron chi connectivity index (χ3n) is 4.30. The van der Waals surface area contributed by atoms with E-state index in [1.165, 1.54) is 0 Å². The van der Waals surface area contributed by atoms with E-state index in [9.17, 15) is 4.79 Å². The molecule has 0 radical (unpaired) electrons. The Morgan fingerprint density at radius 2 is 2.32 bits per heavy atom. The summed E-state index contributed by atoms with van der Waals surface area (Å²) in [4.78, 5) is 14.8. The molecule has 0 spiro atoms. The quantitative estimate of drug-likeness (QED) is 0.946. The number of rotatable bonds is 3. The van der Waals surface area contributed by atoms with Crippen molar-refractivity contribution in [3.05, 3.63) is 35.0 Å². The maximum Gasteiger partial charge on any atom is 0.259 e. The Hall–Kier alpha value is -2.11. The van der Waals surface area contributed by atoms with E-state index in [1.807, 2.05) is 31.7 Å². The first-order valence-electron chi connectivity index (χ1n) is 7.82. The van der Waals surface area contributed by atoms with Gasteiger partial charge < -0.3 is 9.42 Å². The molecule has 1 atom stereocenters. The molecule has 1 N–H and O–H groups in total. The first-order chi connectivity index (χ1) is 10.6. The van der Waals surface area contributed by atoms with Crippen LogP contribution in [-0.2, 0) is 0 Å². The van der Waals surface area contributed by atoms with E-state index in [0.717, 1.165) is 25.1 Å². The van der Waals surface area contributed by atoms with E-state index in [0.29, 0.717) is 29.5 Å². The van der Waals surface area contributed by atoms with Gasteiger partial charge in [-0.1, -0.05) is 19.0 Å². The monoisotopic (exact) mass is 302 g/mol.